The first kappa shape index (κ1) is 15.1. The van der Waals surface area contributed by atoms with Crippen molar-refractivity contribution >= 4 is 0 Å². The normalized spacial score (nSPS) is 16.8. The molecule has 112 valence electrons. The molecule has 0 fully saturated rings. The van der Waals surface area contributed by atoms with Crippen LogP contribution in [-0.2, 0) is 10.3 Å². The zero-order valence-corrected chi connectivity index (χ0v) is 12.1. The van der Waals surface area contributed by atoms with Crippen LogP contribution in [0.4, 0.5) is 0 Å². The second kappa shape index (κ2) is 6.92. The first-order valence-electron chi connectivity index (χ1n) is 6.95. The second-order valence-corrected chi connectivity index (χ2v) is 5.13. The predicted octanol–water partition coefficient (Wildman–Crippen LogP) is 1.29. The summed E-state index contributed by atoms with van der Waals surface area (Å²) in [6.45, 7) is 5.13. The second-order valence-electron chi connectivity index (χ2n) is 5.13. The fourth-order valence-corrected chi connectivity index (χ4v) is 2.15. The van der Waals surface area contributed by atoms with E-state index in [9.17, 15) is 5.11 Å². The molecular weight excluding hydrogens is 258 g/mol. The Labute approximate surface area is 119 Å². The lowest BCUT2D eigenvalue weighted by Gasteiger charge is -2.26. The Kier molecular flexibility index (Phi) is 5.23. The van der Waals surface area contributed by atoms with E-state index >= 15 is 0 Å². The third-order valence-corrected chi connectivity index (χ3v) is 3.44. The van der Waals surface area contributed by atoms with Crippen LogP contribution in [0.5, 0.6) is 11.5 Å². The molecule has 5 heteroatoms. The summed E-state index contributed by atoms with van der Waals surface area (Å²) in [7, 11) is 1.67. The maximum atomic E-state index is 10.6. The number of hydrogen-bond acceptors (Lipinski definition) is 5. The molecule has 0 aromatic heterocycles. The van der Waals surface area contributed by atoms with Gasteiger partial charge in [-0.15, -0.1) is 0 Å². The Hall–Kier alpha value is -1.30. The lowest BCUT2D eigenvalue weighted by molar-refractivity contribution is 0.0468. The summed E-state index contributed by atoms with van der Waals surface area (Å²) in [5.41, 5.74) is -0.0501. The number of nitrogens with one attached hydrogen (secondary N) is 1. The number of rotatable bonds is 7. The summed E-state index contributed by atoms with van der Waals surface area (Å²) in [5, 5.41) is 13.8. The van der Waals surface area contributed by atoms with Crippen molar-refractivity contribution in [1.82, 2.24) is 5.32 Å². The Morgan fingerprint density at radius 3 is 2.75 bits per heavy atom. The van der Waals surface area contributed by atoms with Gasteiger partial charge in [-0.1, -0.05) is 6.07 Å². The van der Waals surface area contributed by atoms with Crippen molar-refractivity contribution in [3.63, 3.8) is 0 Å². The van der Waals surface area contributed by atoms with Crippen molar-refractivity contribution in [2.24, 2.45) is 0 Å². The average molecular weight is 281 g/mol. The van der Waals surface area contributed by atoms with Crippen molar-refractivity contribution in [2.75, 3.05) is 40.0 Å². The van der Waals surface area contributed by atoms with E-state index in [2.05, 4.69) is 5.32 Å². The van der Waals surface area contributed by atoms with Crippen LogP contribution in [0.25, 0.3) is 0 Å². The summed E-state index contributed by atoms with van der Waals surface area (Å²) in [6.07, 6.45) is 0.621. The highest BCUT2D eigenvalue weighted by Gasteiger charge is 2.24. The highest BCUT2D eigenvalue weighted by molar-refractivity contribution is 5.45. The fourth-order valence-electron chi connectivity index (χ4n) is 2.15. The summed E-state index contributed by atoms with van der Waals surface area (Å²) in [4.78, 5) is 0. The van der Waals surface area contributed by atoms with Gasteiger partial charge in [-0.05, 0) is 37.6 Å². The highest BCUT2D eigenvalue weighted by Crippen LogP contribution is 2.35. The number of methoxy groups -OCH3 is 1. The molecule has 1 heterocycles. The van der Waals surface area contributed by atoms with Crippen molar-refractivity contribution in [3.8, 4) is 11.5 Å². The van der Waals surface area contributed by atoms with Crippen LogP contribution >= 0.6 is 0 Å². The van der Waals surface area contributed by atoms with E-state index in [1.165, 1.54) is 0 Å². The maximum Gasteiger partial charge on any atom is 0.161 e. The van der Waals surface area contributed by atoms with Crippen LogP contribution in [0, 0.1) is 0 Å². The number of aliphatic hydroxyl groups is 1. The molecule has 0 spiro atoms. The highest BCUT2D eigenvalue weighted by atomic mass is 16.6. The van der Waals surface area contributed by atoms with Gasteiger partial charge in [0.1, 0.15) is 13.2 Å². The standard InChI is InChI=1S/C15H23NO4/c1-15(17,5-6-16-7-8-18-2)12-3-4-13-14(11-12)20-10-9-19-13/h3-4,11,16-17H,5-10H2,1-2H3. The minimum atomic E-state index is -0.893. The maximum absolute atomic E-state index is 10.6. The van der Waals surface area contributed by atoms with Gasteiger partial charge >= 0.3 is 0 Å². The van der Waals surface area contributed by atoms with Gasteiger partial charge in [-0.3, -0.25) is 0 Å². The Balaban J connectivity index is 1.94. The molecule has 0 radical (unpaired) electrons. The molecule has 0 bridgehead atoms. The predicted molar refractivity (Wildman–Crippen MR) is 76.4 cm³/mol. The van der Waals surface area contributed by atoms with Gasteiger partial charge in [0.25, 0.3) is 0 Å². The van der Waals surface area contributed by atoms with Gasteiger partial charge < -0.3 is 24.6 Å². The van der Waals surface area contributed by atoms with Crippen molar-refractivity contribution in [1.29, 1.82) is 0 Å². The van der Waals surface area contributed by atoms with E-state index in [4.69, 9.17) is 14.2 Å². The van der Waals surface area contributed by atoms with Crippen LogP contribution in [0.3, 0.4) is 0 Å². The molecule has 1 aromatic rings. The van der Waals surface area contributed by atoms with Crippen LogP contribution < -0.4 is 14.8 Å². The van der Waals surface area contributed by atoms with Crippen LogP contribution in [0.2, 0.25) is 0 Å². The van der Waals surface area contributed by atoms with Crippen molar-refractivity contribution in [3.05, 3.63) is 23.8 Å². The molecule has 1 unspecified atom stereocenters. The third kappa shape index (κ3) is 3.85. The van der Waals surface area contributed by atoms with E-state index in [0.717, 1.165) is 24.4 Å². The molecule has 1 atom stereocenters. The summed E-state index contributed by atoms with van der Waals surface area (Å²) < 4.78 is 16.0. The Morgan fingerprint density at radius 2 is 2.00 bits per heavy atom. The van der Waals surface area contributed by atoms with E-state index in [1.807, 2.05) is 25.1 Å². The summed E-state index contributed by atoms with van der Waals surface area (Å²) in [5.74, 6) is 1.45. The Bertz CT molecular complexity index is 434. The van der Waals surface area contributed by atoms with Crippen LogP contribution in [0.15, 0.2) is 18.2 Å². The SMILES string of the molecule is COCCNCCC(C)(O)c1ccc2c(c1)OCCO2. The van der Waals surface area contributed by atoms with Gasteiger partial charge in [0.2, 0.25) is 0 Å². The molecule has 20 heavy (non-hydrogen) atoms. The molecule has 0 saturated carbocycles. The zero-order valence-electron chi connectivity index (χ0n) is 12.1. The largest absolute Gasteiger partial charge is 0.486 e. The zero-order chi connectivity index (χ0) is 14.4. The molecule has 2 N–H and O–H groups in total. The van der Waals surface area contributed by atoms with Gasteiger partial charge in [0.15, 0.2) is 11.5 Å². The lowest BCUT2D eigenvalue weighted by Crippen LogP contribution is -2.29. The van der Waals surface area contributed by atoms with Crippen LogP contribution in [-0.4, -0.2) is 45.1 Å². The summed E-state index contributed by atoms with van der Waals surface area (Å²) in [6, 6.07) is 5.61. The molecular formula is C15H23NO4. The van der Waals surface area contributed by atoms with Gasteiger partial charge in [-0.2, -0.15) is 0 Å². The fraction of sp³-hybridized carbons (Fsp3) is 0.600. The van der Waals surface area contributed by atoms with E-state index in [1.54, 1.807) is 7.11 Å². The number of ether oxygens (including phenoxy) is 3. The molecule has 0 amide bonds. The average Bonchev–Trinajstić information content (AvgIpc) is 2.46. The number of hydrogen-bond donors (Lipinski definition) is 2. The number of fused-ring (bicyclic) bond motifs is 1. The van der Waals surface area contributed by atoms with Gasteiger partial charge in [0.05, 0.1) is 12.2 Å². The third-order valence-electron chi connectivity index (χ3n) is 3.44. The molecule has 5 nitrogen and oxygen atoms in total. The monoisotopic (exact) mass is 281 g/mol. The molecule has 2 rings (SSSR count). The lowest BCUT2D eigenvalue weighted by atomic mass is 9.92. The molecule has 0 saturated heterocycles. The van der Waals surface area contributed by atoms with E-state index < -0.39 is 5.60 Å². The number of benzene rings is 1. The minimum absolute atomic E-state index is 0.553. The summed E-state index contributed by atoms with van der Waals surface area (Å²) >= 11 is 0. The topological polar surface area (TPSA) is 60.0 Å². The minimum Gasteiger partial charge on any atom is -0.486 e. The van der Waals surface area contributed by atoms with Crippen LogP contribution in [0.1, 0.15) is 18.9 Å². The quantitative estimate of drug-likeness (QED) is 0.738. The molecule has 1 aliphatic rings. The first-order chi connectivity index (χ1) is 9.63. The van der Waals surface area contributed by atoms with E-state index in [0.29, 0.717) is 32.0 Å². The van der Waals surface area contributed by atoms with Gasteiger partial charge in [0, 0.05) is 13.7 Å². The Morgan fingerprint density at radius 1 is 1.25 bits per heavy atom. The molecule has 1 aliphatic heterocycles. The van der Waals surface area contributed by atoms with Crippen molar-refractivity contribution in [2.45, 2.75) is 18.9 Å². The van der Waals surface area contributed by atoms with E-state index in [-0.39, 0.29) is 0 Å². The first-order valence-corrected chi connectivity index (χ1v) is 6.95. The smallest absolute Gasteiger partial charge is 0.161 e. The molecule has 0 aliphatic carbocycles. The van der Waals surface area contributed by atoms with Gasteiger partial charge in [-0.25, -0.2) is 0 Å². The van der Waals surface area contributed by atoms with Crippen molar-refractivity contribution < 1.29 is 19.3 Å². The molecule has 1 aromatic carbocycles.